The van der Waals surface area contributed by atoms with Gasteiger partial charge in [-0.3, -0.25) is 4.79 Å². The summed E-state index contributed by atoms with van der Waals surface area (Å²) in [6.07, 6.45) is 0. The SMILES string of the molecule is COC(=O)c1ccc(NCC[N+](C)(C(C)=O)c2ccc(NC(=O)Nc3ccccc3C)c(OC)c2)cc1NC(C)=O. The van der Waals surface area contributed by atoms with Crippen LogP contribution < -0.4 is 30.5 Å². The third kappa shape index (κ3) is 7.61. The van der Waals surface area contributed by atoms with Crippen LogP contribution in [0.3, 0.4) is 0 Å². The molecule has 3 aromatic carbocycles. The Morgan fingerprint density at radius 3 is 2.17 bits per heavy atom. The summed E-state index contributed by atoms with van der Waals surface area (Å²) in [7, 11) is 4.55. The zero-order valence-corrected chi connectivity index (χ0v) is 24.1. The van der Waals surface area contributed by atoms with Crippen LogP contribution >= 0.6 is 0 Å². The van der Waals surface area contributed by atoms with Crippen LogP contribution in [0.4, 0.5) is 33.2 Å². The molecular formula is C30H36N5O6+. The minimum absolute atomic E-state index is 0.0577. The normalized spacial score (nSPS) is 12.0. The molecule has 0 heterocycles. The highest BCUT2D eigenvalue weighted by Gasteiger charge is 2.32. The molecule has 4 N–H and O–H groups in total. The van der Waals surface area contributed by atoms with Gasteiger partial charge < -0.3 is 30.7 Å². The molecule has 0 aliphatic heterocycles. The van der Waals surface area contributed by atoms with Crippen LogP contribution in [0.2, 0.25) is 0 Å². The highest BCUT2D eigenvalue weighted by atomic mass is 16.5. The summed E-state index contributed by atoms with van der Waals surface area (Å²) in [5, 5.41) is 11.5. The molecule has 0 aliphatic rings. The molecule has 0 aromatic heterocycles. The summed E-state index contributed by atoms with van der Waals surface area (Å²) in [4.78, 5) is 49.2. The zero-order chi connectivity index (χ0) is 30.2. The van der Waals surface area contributed by atoms with Crippen LogP contribution in [-0.4, -0.2) is 58.2 Å². The minimum Gasteiger partial charge on any atom is -0.494 e. The van der Waals surface area contributed by atoms with Crippen molar-refractivity contribution in [3.8, 4) is 5.75 Å². The summed E-state index contributed by atoms with van der Waals surface area (Å²) in [6.45, 7) is 5.51. The lowest BCUT2D eigenvalue weighted by Gasteiger charge is -2.31. The number of para-hydroxylation sites is 1. The van der Waals surface area contributed by atoms with Crippen molar-refractivity contribution >= 4 is 52.3 Å². The highest BCUT2D eigenvalue weighted by molar-refractivity contribution is 6.02. The van der Waals surface area contributed by atoms with E-state index in [1.165, 1.54) is 28.1 Å². The average Bonchev–Trinajstić information content (AvgIpc) is 2.93. The number of nitrogens with one attached hydrogen (secondary N) is 4. The average molecular weight is 563 g/mol. The van der Waals surface area contributed by atoms with Gasteiger partial charge in [0.15, 0.2) is 0 Å². The number of hydrogen-bond acceptors (Lipinski definition) is 7. The van der Waals surface area contributed by atoms with Gasteiger partial charge >= 0.3 is 17.9 Å². The van der Waals surface area contributed by atoms with E-state index < -0.39 is 12.0 Å². The molecular weight excluding hydrogens is 526 g/mol. The van der Waals surface area contributed by atoms with Crippen molar-refractivity contribution in [3.05, 3.63) is 71.8 Å². The maximum absolute atomic E-state index is 12.9. The molecule has 11 heteroatoms. The van der Waals surface area contributed by atoms with E-state index >= 15 is 0 Å². The molecule has 0 aliphatic carbocycles. The predicted molar refractivity (Wildman–Crippen MR) is 161 cm³/mol. The highest BCUT2D eigenvalue weighted by Crippen LogP contribution is 2.33. The Balaban J connectivity index is 1.76. The van der Waals surface area contributed by atoms with Crippen molar-refractivity contribution in [1.29, 1.82) is 0 Å². The molecule has 4 amide bonds. The van der Waals surface area contributed by atoms with Crippen LogP contribution in [0.25, 0.3) is 0 Å². The van der Waals surface area contributed by atoms with Gasteiger partial charge in [-0.05, 0) is 42.8 Å². The molecule has 0 fully saturated rings. The molecule has 0 bridgehead atoms. The van der Waals surface area contributed by atoms with Gasteiger partial charge in [0.05, 0.1) is 51.7 Å². The molecule has 0 radical (unpaired) electrons. The van der Waals surface area contributed by atoms with Crippen molar-refractivity contribution in [3.63, 3.8) is 0 Å². The minimum atomic E-state index is -0.569. The quantitative estimate of drug-likeness (QED) is 0.202. The second-order valence-corrected chi connectivity index (χ2v) is 9.57. The maximum Gasteiger partial charge on any atom is 0.339 e. The lowest BCUT2D eigenvalue weighted by Crippen LogP contribution is -2.52. The number of aryl methyl sites for hydroxylation is 1. The molecule has 0 saturated heterocycles. The van der Waals surface area contributed by atoms with E-state index in [4.69, 9.17) is 9.47 Å². The largest absolute Gasteiger partial charge is 0.494 e. The van der Waals surface area contributed by atoms with Gasteiger partial charge in [-0.25, -0.2) is 18.9 Å². The number of ether oxygens (including phenoxy) is 2. The summed E-state index contributed by atoms with van der Waals surface area (Å²) in [5.74, 6) is -0.598. The Morgan fingerprint density at radius 1 is 0.829 bits per heavy atom. The summed E-state index contributed by atoms with van der Waals surface area (Å²) >= 11 is 0. The number of methoxy groups -OCH3 is 2. The first-order valence-corrected chi connectivity index (χ1v) is 12.9. The Morgan fingerprint density at radius 2 is 1.54 bits per heavy atom. The van der Waals surface area contributed by atoms with Gasteiger partial charge in [0.1, 0.15) is 18.0 Å². The van der Waals surface area contributed by atoms with E-state index in [-0.39, 0.29) is 21.9 Å². The number of carbonyl (C=O) groups excluding carboxylic acids is 4. The second kappa shape index (κ2) is 13.4. The van der Waals surface area contributed by atoms with E-state index in [0.29, 0.717) is 47.3 Å². The smallest absolute Gasteiger partial charge is 0.339 e. The molecule has 3 aromatic rings. The van der Waals surface area contributed by atoms with Crippen molar-refractivity contribution in [2.45, 2.75) is 20.8 Å². The number of quaternary nitrogens is 1. The van der Waals surface area contributed by atoms with Crippen LogP contribution in [-0.2, 0) is 14.3 Å². The number of rotatable bonds is 10. The first-order valence-electron chi connectivity index (χ1n) is 12.9. The van der Waals surface area contributed by atoms with E-state index in [9.17, 15) is 19.2 Å². The predicted octanol–water partition coefficient (Wildman–Crippen LogP) is 4.99. The molecule has 11 nitrogen and oxygen atoms in total. The zero-order valence-electron chi connectivity index (χ0n) is 24.1. The maximum atomic E-state index is 12.9. The lowest BCUT2D eigenvalue weighted by atomic mass is 10.1. The Bertz CT molecular complexity index is 1460. The first-order chi connectivity index (χ1) is 19.5. The first kappa shape index (κ1) is 30.6. The fraction of sp³-hybridized carbons (Fsp3) is 0.267. The Labute approximate surface area is 239 Å². The van der Waals surface area contributed by atoms with Crippen molar-refractivity contribution in [2.24, 2.45) is 0 Å². The molecule has 3 rings (SSSR count). The number of anilines is 4. The monoisotopic (exact) mass is 562 g/mol. The topological polar surface area (TPSA) is 135 Å². The van der Waals surface area contributed by atoms with Gasteiger partial charge in [-0.1, -0.05) is 18.2 Å². The summed E-state index contributed by atoms with van der Waals surface area (Å²) in [6, 6.07) is 17.1. The number of benzene rings is 3. The number of nitrogens with zero attached hydrogens (tertiary/aromatic N) is 1. The number of amides is 4. The van der Waals surface area contributed by atoms with Crippen molar-refractivity contribution in [1.82, 2.24) is 4.48 Å². The standard InChI is InChI=1S/C30H35N5O6/c1-19-9-7-8-10-25(19)33-30(39)34-26-14-12-23(18-28(26)40-5)35(4,21(3)37)16-15-31-22-11-13-24(29(38)41-6)27(17-22)32-20(2)36/h7-14,17-18H,15-16H2,1-6H3,(H3-,31,32,33,34,36,38,39)/p+1. The van der Waals surface area contributed by atoms with Gasteiger partial charge in [-0.15, -0.1) is 0 Å². The van der Waals surface area contributed by atoms with E-state index in [0.717, 1.165) is 5.56 Å². The number of esters is 1. The molecule has 216 valence electrons. The van der Waals surface area contributed by atoms with Gasteiger partial charge in [0.25, 0.3) is 0 Å². The van der Waals surface area contributed by atoms with E-state index in [1.54, 1.807) is 43.4 Å². The fourth-order valence-corrected chi connectivity index (χ4v) is 4.21. The number of hydrogen-bond donors (Lipinski definition) is 4. The van der Waals surface area contributed by atoms with Crippen molar-refractivity contribution in [2.75, 3.05) is 55.6 Å². The Kier molecular flexibility index (Phi) is 10.0. The number of urea groups is 1. The lowest BCUT2D eigenvalue weighted by molar-refractivity contribution is -0.126. The van der Waals surface area contributed by atoms with Crippen molar-refractivity contribution < 1.29 is 28.7 Å². The van der Waals surface area contributed by atoms with Gasteiger partial charge in [0.2, 0.25) is 5.91 Å². The number of likely N-dealkylation sites (N-methyl/N-ethyl adjacent to an activating group) is 1. The molecule has 1 atom stereocenters. The molecule has 0 saturated carbocycles. The molecule has 0 spiro atoms. The number of carbonyl (C=O) groups is 4. The van der Waals surface area contributed by atoms with Crippen LogP contribution in [0.15, 0.2) is 60.7 Å². The fourth-order valence-electron chi connectivity index (χ4n) is 4.21. The van der Waals surface area contributed by atoms with Crippen LogP contribution in [0.1, 0.15) is 29.8 Å². The van der Waals surface area contributed by atoms with Crippen LogP contribution in [0, 0.1) is 6.92 Å². The summed E-state index contributed by atoms with van der Waals surface area (Å²) in [5.41, 5.74) is 3.93. The Hall–Kier alpha value is -4.90. The van der Waals surface area contributed by atoms with E-state index in [1.807, 2.05) is 31.2 Å². The third-order valence-corrected chi connectivity index (χ3v) is 6.72. The van der Waals surface area contributed by atoms with Gasteiger partial charge in [-0.2, -0.15) is 0 Å². The molecule has 1 unspecified atom stereocenters. The second-order valence-electron chi connectivity index (χ2n) is 9.57. The van der Waals surface area contributed by atoms with E-state index in [2.05, 4.69) is 21.3 Å². The summed E-state index contributed by atoms with van der Waals surface area (Å²) < 4.78 is 10.3. The molecule has 41 heavy (non-hydrogen) atoms. The van der Waals surface area contributed by atoms with Crippen LogP contribution in [0.5, 0.6) is 5.75 Å². The third-order valence-electron chi connectivity index (χ3n) is 6.72. The van der Waals surface area contributed by atoms with Gasteiger partial charge in [0, 0.05) is 30.4 Å².